The van der Waals surface area contributed by atoms with Gasteiger partial charge in [0.25, 0.3) is 5.91 Å². The summed E-state index contributed by atoms with van der Waals surface area (Å²) in [6.07, 6.45) is 2.04. The molecule has 140 valence electrons. The highest BCUT2D eigenvalue weighted by atomic mass is 32.2. The fourth-order valence-electron chi connectivity index (χ4n) is 2.99. The molecule has 0 radical (unpaired) electrons. The molecule has 7 heteroatoms. The largest absolute Gasteiger partial charge is 0.376 e. The lowest BCUT2D eigenvalue weighted by molar-refractivity contribution is 0.0539. The van der Waals surface area contributed by atoms with Crippen LogP contribution in [0.5, 0.6) is 0 Å². The van der Waals surface area contributed by atoms with Crippen molar-refractivity contribution in [1.29, 1.82) is 0 Å². The standard InChI is InChI=1S/C18H28N2O4S/c1-6-20(12-16-8-7-9-24-16)18(21)15-10-13(2)14(3)17(11-15)25(22,23)19(4)5/h10-11,16H,6-9,12H2,1-5H3. The van der Waals surface area contributed by atoms with E-state index in [0.717, 1.165) is 25.0 Å². The zero-order valence-electron chi connectivity index (χ0n) is 15.7. The van der Waals surface area contributed by atoms with E-state index in [2.05, 4.69) is 0 Å². The second-order valence-electron chi connectivity index (χ2n) is 6.68. The van der Waals surface area contributed by atoms with Gasteiger partial charge in [0.2, 0.25) is 10.0 Å². The molecule has 1 aliphatic heterocycles. The van der Waals surface area contributed by atoms with Crippen molar-refractivity contribution in [1.82, 2.24) is 9.21 Å². The number of amides is 1. The Morgan fingerprint density at radius 1 is 1.28 bits per heavy atom. The molecule has 1 aromatic carbocycles. The van der Waals surface area contributed by atoms with E-state index in [1.807, 2.05) is 13.8 Å². The first-order chi connectivity index (χ1) is 11.7. The minimum atomic E-state index is -3.60. The maximum atomic E-state index is 12.9. The van der Waals surface area contributed by atoms with Gasteiger partial charge in [-0.05, 0) is 56.9 Å². The number of rotatable bonds is 6. The molecule has 1 heterocycles. The summed E-state index contributed by atoms with van der Waals surface area (Å²) in [5.74, 6) is -0.156. The van der Waals surface area contributed by atoms with Crippen LogP contribution in [0.15, 0.2) is 17.0 Å². The molecule has 1 amide bonds. The quantitative estimate of drug-likeness (QED) is 0.772. The van der Waals surface area contributed by atoms with Crippen molar-refractivity contribution in [2.45, 2.75) is 44.6 Å². The summed E-state index contributed by atoms with van der Waals surface area (Å²) in [6, 6.07) is 3.27. The van der Waals surface area contributed by atoms with Gasteiger partial charge in [-0.25, -0.2) is 12.7 Å². The highest BCUT2D eigenvalue weighted by Crippen LogP contribution is 2.24. The predicted molar refractivity (Wildman–Crippen MR) is 97.3 cm³/mol. The van der Waals surface area contributed by atoms with Crippen molar-refractivity contribution in [3.8, 4) is 0 Å². The van der Waals surface area contributed by atoms with Crippen LogP contribution in [0.4, 0.5) is 0 Å². The SMILES string of the molecule is CCN(CC1CCCO1)C(=O)c1cc(C)c(C)c(S(=O)(=O)N(C)C)c1. The van der Waals surface area contributed by atoms with E-state index < -0.39 is 10.0 Å². The first-order valence-electron chi connectivity index (χ1n) is 8.63. The van der Waals surface area contributed by atoms with E-state index in [1.54, 1.807) is 17.9 Å². The molecule has 2 rings (SSSR count). The molecule has 0 aliphatic carbocycles. The topological polar surface area (TPSA) is 66.9 Å². The Balaban J connectivity index is 2.37. The minimum absolute atomic E-state index is 0.0698. The lowest BCUT2D eigenvalue weighted by atomic mass is 10.0. The van der Waals surface area contributed by atoms with Crippen LogP contribution in [0.3, 0.4) is 0 Å². The normalized spacial score (nSPS) is 17.9. The van der Waals surface area contributed by atoms with Crippen LogP contribution in [0.25, 0.3) is 0 Å². The van der Waals surface area contributed by atoms with Crippen molar-refractivity contribution in [2.75, 3.05) is 33.8 Å². The second-order valence-corrected chi connectivity index (χ2v) is 8.80. The molecule has 1 aromatic rings. The molecular weight excluding hydrogens is 340 g/mol. The first-order valence-corrected chi connectivity index (χ1v) is 10.1. The summed E-state index contributed by atoms with van der Waals surface area (Å²) in [6.45, 7) is 7.36. The molecule has 1 fully saturated rings. The summed E-state index contributed by atoms with van der Waals surface area (Å²) in [4.78, 5) is 14.9. The third-order valence-electron chi connectivity index (χ3n) is 4.74. The van der Waals surface area contributed by atoms with Crippen molar-refractivity contribution in [3.05, 3.63) is 28.8 Å². The van der Waals surface area contributed by atoms with Gasteiger partial charge in [-0.15, -0.1) is 0 Å². The van der Waals surface area contributed by atoms with E-state index >= 15 is 0 Å². The van der Waals surface area contributed by atoms with E-state index in [4.69, 9.17) is 4.74 Å². The Labute approximate surface area is 150 Å². The number of hydrogen-bond acceptors (Lipinski definition) is 4. The van der Waals surface area contributed by atoms with Crippen LogP contribution in [0.1, 0.15) is 41.3 Å². The highest BCUT2D eigenvalue weighted by molar-refractivity contribution is 7.89. The monoisotopic (exact) mass is 368 g/mol. The Morgan fingerprint density at radius 3 is 2.48 bits per heavy atom. The van der Waals surface area contributed by atoms with Gasteiger partial charge >= 0.3 is 0 Å². The molecule has 0 spiro atoms. The summed E-state index contributed by atoms with van der Waals surface area (Å²) < 4.78 is 32.0. The van der Waals surface area contributed by atoms with Gasteiger partial charge in [-0.3, -0.25) is 4.79 Å². The summed E-state index contributed by atoms with van der Waals surface area (Å²) >= 11 is 0. The number of nitrogens with zero attached hydrogens (tertiary/aromatic N) is 2. The molecular formula is C18H28N2O4S. The second kappa shape index (κ2) is 7.85. The number of ether oxygens (including phenoxy) is 1. The number of carbonyl (C=O) groups is 1. The molecule has 1 aliphatic rings. The van der Waals surface area contributed by atoms with E-state index in [1.165, 1.54) is 24.5 Å². The number of sulfonamides is 1. The zero-order chi connectivity index (χ0) is 18.8. The van der Waals surface area contributed by atoms with E-state index in [0.29, 0.717) is 24.2 Å². The fourth-order valence-corrected chi connectivity index (χ4v) is 4.20. The minimum Gasteiger partial charge on any atom is -0.376 e. The van der Waals surface area contributed by atoms with Gasteiger partial charge in [-0.2, -0.15) is 0 Å². The van der Waals surface area contributed by atoms with E-state index in [-0.39, 0.29) is 16.9 Å². The van der Waals surface area contributed by atoms with Gasteiger partial charge in [0.1, 0.15) is 0 Å². The maximum absolute atomic E-state index is 12.9. The van der Waals surface area contributed by atoms with Gasteiger partial charge in [0.05, 0.1) is 11.0 Å². The Hall–Kier alpha value is -1.44. The number of benzene rings is 1. The summed E-state index contributed by atoms with van der Waals surface area (Å²) in [5.41, 5.74) is 1.87. The van der Waals surface area contributed by atoms with Crippen molar-refractivity contribution in [3.63, 3.8) is 0 Å². The van der Waals surface area contributed by atoms with Gasteiger partial charge in [0.15, 0.2) is 0 Å². The van der Waals surface area contributed by atoms with Crippen molar-refractivity contribution in [2.24, 2.45) is 0 Å². The lowest BCUT2D eigenvalue weighted by Crippen LogP contribution is -2.37. The smallest absolute Gasteiger partial charge is 0.253 e. The third-order valence-corrected chi connectivity index (χ3v) is 6.68. The van der Waals surface area contributed by atoms with Crippen LogP contribution in [-0.4, -0.2) is 63.4 Å². The Bertz CT molecular complexity index is 738. The average Bonchev–Trinajstić information content (AvgIpc) is 3.07. The molecule has 1 atom stereocenters. The number of aryl methyl sites for hydroxylation is 1. The van der Waals surface area contributed by atoms with Gasteiger partial charge in [0, 0.05) is 39.4 Å². The Morgan fingerprint density at radius 2 is 1.96 bits per heavy atom. The number of carbonyl (C=O) groups excluding carboxylic acids is 1. The first kappa shape index (κ1) is 19.9. The molecule has 1 saturated heterocycles. The average molecular weight is 368 g/mol. The van der Waals surface area contributed by atoms with Crippen LogP contribution in [0, 0.1) is 13.8 Å². The fraction of sp³-hybridized carbons (Fsp3) is 0.611. The lowest BCUT2D eigenvalue weighted by Gasteiger charge is -2.25. The molecule has 0 N–H and O–H groups in total. The van der Waals surface area contributed by atoms with Crippen molar-refractivity contribution < 1.29 is 17.9 Å². The third kappa shape index (κ3) is 4.22. The van der Waals surface area contributed by atoms with Gasteiger partial charge in [-0.1, -0.05) is 0 Å². The summed E-state index contributed by atoms with van der Waals surface area (Å²) in [5, 5.41) is 0. The Kier molecular flexibility index (Phi) is 6.24. The van der Waals surface area contributed by atoms with E-state index in [9.17, 15) is 13.2 Å². The predicted octanol–water partition coefficient (Wildman–Crippen LogP) is 2.19. The zero-order valence-corrected chi connectivity index (χ0v) is 16.5. The number of likely N-dealkylation sites (N-methyl/N-ethyl adjacent to an activating group) is 1. The highest BCUT2D eigenvalue weighted by Gasteiger charge is 2.26. The molecule has 0 aromatic heterocycles. The van der Waals surface area contributed by atoms with Crippen LogP contribution in [0.2, 0.25) is 0 Å². The van der Waals surface area contributed by atoms with Crippen LogP contribution < -0.4 is 0 Å². The molecule has 0 bridgehead atoms. The van der Waals surface area contributed by atoms with Crippen molar-refractivity contribution >= 4 is 15.9 Å². The molecule has 0 saturated carbocycles. The molecule has 25 heavy (non-hydrogen) atoms. The molecule has 6 nitrogen and oxygen atoms in total. The van der Waals surface area contributed by atoms with Crippen LogP contribution in [-0.2, 0) is 14.8 Å². The number of hydrogen-bond donors (Lipinski definition) is 0. The maximum Gasteiger partial charge on any atom is 0.253 e. The van der Waals surface area contributed by atoms with Gasteiger partial charge < -0.3 is 9.64 Å². The molecule has 1 unspecified atom stereocenters. The summed E-state index contributed by atoms with van der Waals surface area (Å²) in [7, 11) is -0.614. The van der Waals surface area contributed by atoms with Crippen LogP contribution >= 0.6 is 0 Å².